The molecule has 3 rings (SSSR count). The van der Waals surface area contributed by atoms with Crippen LogP contribution >= 0.6 is 23.5 Å². The maximum atomic E-state index is 12.7. The third-order valence-corrected chi connectivity index (χ3v) is 6.44. The fourth-order valence-corrected chi connectivity index (χ4v) is 4.74. The standard InChI is InChI=1S/C21H24N2OS2/c1-3-12-23(13-17-10-8-16(2)9-11-17)20(24)15-26-21-22-19-7-5-4-6-18(19)14-25-21/h4-11H,3,12-15H2,1-2H3. The Hall–Kier alpha value is -1.72. The maximum Gasteiger partial charge on any atom is 0.233 e. The first-order chi connectivity index (χ1) is 12.7. The van der Waals surface area contributed by atoms with Crippen molar-refractivity contribution in [2.24, 2.45) is 4.99 Å². The lowest BCUT2D eigenvalue weighted by molar-refractivity contribution is -0.129. The summed E-state index contributed by atoms with van der Waals surface area (Å²) in [4.78, 5) is 19.4. The summed E-state index contributed by atoms with van der Waals surface area (Å²) in [5, 5.41) is 0. The second-order valence-electron chi connectivity index (χ2n) is 6.38. The summed E-state index contributed by atoms with van der Waals surface area (Å²) in [5.41, 5.74) is 4.72. The predicted molar refractivity (Wildman–Crippen MR) is 114 cm³/mol. The first-order valence-electron chi connectivity index (χ1n) is 8.91. The number of fused-ring (bicyclic) bond motifs is 1. The van der Waals surface area contributed by atoms with Crippen molar-refractivity contribution in [3.8, 4) is 0 Å². The van der Waals surface area contributed by atoms with Crippen molar-refractivity contribution in [1.29, 1.82) is 0 Å². The van der Waals surface area contributed by atoms with Crippen LogP contribution < -0.4 is 0 Å². The molecule has 1 aliphatic heterocycles. The lowest BCUT2D eigenvalue weighted by Crippen LogP contribution is -2.33. The Kier molecular flexibility index (Phi) is 6.80. The molecule has 0 saturated heterocycles. The first-order valence-corrected chi connectivity index (χ1v) is 10.9. The Balaban J connectivity index is 1.60. The highest BCUT2D eigenvalue weighted by atomic mass is 32.2. The number of benzene rings is 2. The van der Waals surface area contributed by atoms with Gasteiger partial charge in [-0.15, -0.1) is 0 Å². The zero-order chi connectivity index (χ0) is 18.4. The van der Waals surface area contributed by atoms with Crippen molar-refractivity contribution in [3.63, 3.8) is 0 Å². The Morgan fingerprint density at radius 3 is 2.73 bits per heavy atom. The van der Waals surface area contributed by atoms with Gasteiger partial charge in [-0.05, 0) is 30.5 Å². The van der Waals surface area contributed by atoms with E-state index in [-0.39, 0.29) is 5.91 Å². The molecule has 2 aromatic carbocycles. The Bertz CT molecular complexity index is 787. The minimum Gasteiger partial charge on any atom is -0.338 e. The SMILES string of the molecule is CCCN(Cc1ccc(C)cc1)C(=O)CSC1=Nc2ccccc2CS1. The number of aliphatic imine (C=N–C) groups is 1. The molecule has 3 nitrogen and oxygen atoms in total. The van der Waals surface area contributed by atoms with Gasteiger partial charge < -0.3 is 4.90 Å². The molecule has 136 valence electrons. The largest absolute Gasteiger partial charge is 0.338 e. The average molecular weight is 385 g/mol. The highest BCUT2D eigenvalue weighted by Crippen LogP contribution is 2.34. The second-order valence-corrected chi connectivity index (χ2v) is 8.57. The molecule has 1 aliphatic rings. The number of nitrogens with zero attached hydrogens (tertiary/aromatic N) is 2. The van der Waals surface area contributed by atoms with Crippen LogP contribution in [0.2, 0.25) is 0 Å². The number of rotatable bonds is 6. The van der Waals surface area contributed by atoms with Crippen molar-refractivity contribution >= 4 is 39.5 Å². The zero-order valence-electron chi connectivity index (χ0n) is 15.3. The lowest BCUT2D eigenvalue weighted by Gasteiger charge is -2.23. The fourth-order valence-electron chi connectivity index (χ4n) is 2.78. The normalized spacial score (nSPS) is 13.1. The van der Waals surface area contributed by atoms with Crippen molar-refractivity contribution in [2.45, 2.75) is 32.6 Å². The van der Waals surface area contributed by atoms with E-state index in [4.69, 9.17) is 0 Å². The van der Waals surface area contributed by atoms with E-state index >= 15 is 0 Å². The Morgan fingerprint density at radius 1 is 1.19 bits per heavy atom. The van der Waals surface area contributed by atoms with Gasteiger partial charge >= 0.3 is 0 Å². The number of aryl methyl sites for hydroxylation is 1. The van der Waals surface area contributed by atoms with Gasteiger partial charge in [-0.3, -0.25) is 4.79 Å². The molecule has 0 aliphatic carbocycles. The van der Waals surface area contributed by atoms with Gasteiger partial charge in [0, 0.05) is 18.8 Å². The van der Waals surface area contributed by atoms with Gasteiger partial charge in [0.2, 0.25) is 5.91 Å². The van der Waals surface area contributed by atoms with E-state index in [0.717, 1.165) is 28.8 Å². The van der Waals surface area contributed by atoms with E-state index in [2.05, 4.69) is 49.2 Å². The molecule has 0 N–H and O–H groups in total. The first kappa shape index (κ1) is 19.1. The lowest BCUT2D eigenvalue weighted by atomic mass is 10.1. The second kappa shape index (κ2) is 9.28. The third-order valence-electron chi connectivity index (χ3n) is 4.21. The molecule has 0 spiro atoms. The number of carbonyl (C=O) groups is 1. The number of thioether (sulfide) groups is 2. The summed E-state index contributed by atoms with van der Waals surface area (Å²) in [5.74, 6) is 1.55. The Labute approximate surface area is 164 Å². The third kappa shape index (κ3) is 5.15. The molecular weight excluding hydrogens is 360 g/mol. The monoisotopic (exact) mass is 384 g/mol. The zero-order valence-corrected chi connectivity index (χ0v) is 16.9. The summed E-state index contributed by atoms with van der Waals surface area (Å²) in [6, 6.07) is 16.6. The Morgan fingerprint density at radius 2 is 1.96 bits per heavy atom. The molecule has 0 bridgehead atoms. The van der Waals surface area contributed by atoms with Gasteiger partial charge in [-0.25, -0.2) is 4.99 Å². The molecule has 0 unspecified atom stereocenters. The van der Waals surface area contributed by atoms with Crippen LogP contribution in [-0.4, -0.2) is 27.5 Å². The van der Waals surface area contributed by atoms with Crippen LogP contribution in [0.15, 0.2) is 53.5 Å². The van der Waals surface area contributed by atoms with Crippen molar-refractivity contribution in [3.05, 3.63) is 65.2 Å². The van der Waals surface area contributed by atoms with Crippen molar-refractivity contribution < 1.29 is 4.79 Å². The molecule has 2 aromatic rings. The summed E-state index contributed by atoms with van der Waals surface area (Å²) >= 11 is 3.28. The van der Waals surface area contributed by atoms with E-state index in [0.29, 0.717) is 12.3 Å². The van der Waals surface area contributed by atoms with E-state index in [9.17, 15) is 4.79 Å². The number of hydrogen-bond donors (Lipinski definition) is 0. The van der Waals surface area contributed by atoms with Gasteiger partial charge in [0.1, 0.15) is 4.38 Å². The molecule has 5 heteroatoms. The van der Waals surface area contributed by atoms with Gasteiger partial charge in [0.15, 0.2) is 0 Å². The molecule has 1 amide bonds. The molecule has 0 radical (unpaired) electrons. The number of hydrogen-bond acceptors (Lipinski definition) is 4. The fraction of sp³-hybridized carbons (Fsp3) is 0.333. The van der Waals surface area contributed by atoms with Crippen molar-refractivity contribution in [2.75, 3.05) is 12.3 Å². The highest BCUT2D eigenvalue weighted by molar-refractivity contribution is 8.38. The van der Waals surface area contributed by atoms with Crippen LogP contribution in [-0.2, 0) is 17.1 Å². The van der Waals surface area contributed by atoms with E-state index in [1.165, 1.54) is 16.7 Å². The van der Waals surface area contributed by atoms with Crippen LogP contribution in [0.25, 0.3) is 0 Å². The highest BCUT2D eigenvalue weighted by Gasteiger charge is 2.17. The smallest absolute Gasteiger partial charge is 0.233 e. The van der Waals surface area contributed by atoms with Crippen LogP contribution in [0, 0.1) is 6.92 Å². The van der Waals surface area contributed by atoms with Gasteiger partial charge in [-0.2, -0.15) is 0 Å². The van der Waals surface area contributed by atoms with Gasteiger partial charge in [0.25, 0.3) is 0 Å². The van der Waals surface area contributed by atoms with E-state index in [1.807, 2.05) is 23.1 Å². The van der Waals surface area contributed by atoms with Gasteiger partial charge in [0.05, 0.1) is 11.4 Å². The molecule has 0 fully saturated rings. The summed E-state index contributed by atoms with van der Waals surface area (Å²) in [7, 11) is 0. The molecule has 1 heterocycles. The number of carbonyl (C=O) groups excluding carboxylic acids is 1. The van der Waals surface area contributed by atoms with Crippen molar-refractivity contribution in [1.82, 2.24) is 4.90 Å². The van der Waals surface area contributed by atoms with E-state index < -0.39 is 0 Å². The molecule has 26 heavy (non-hydrogen) atoms. The number of amides is 1. The maximum absolute atomic E-state index is 12.7. The molecule has 0 atom stereocenters. The average Bonchev–Trinajstić information content (AvgIpc) is 2.67. The topological polar surface area (TPSA) is 32.7 Å². The summed E-state index contributed by atoms with van der Waals surface area (Å²) in [6.07, 6.45) is 0.964. The minimum absolute atomic E-state index is 0.180. The molecule has 0 aromatic heterocycles. The summed E-state index contributed by atoms with van der Waals surface area (Å²) in [6.45, 7) is 5.66. The predicted octanol–water partition coefficient (Wildman–Crippen LogP) is 5.40. The quantitative estimate of drug-likeness (QED) is 0.668. The number of para-hydroxylation sites is 1. The van der Waals surface area contributed by atoms with E-state index in [1.54, 1.807) is 23.5 Å². The van der Waals surface area contributed by atoms with Crippen LogP contribution in [0.3, 0.4) is 0 Å². The van der Waals surface area contributed by atoms with Crippen LogP contribution in [0.1, 0.15) is 30.0 Å². The minimum atomic E-state index is 0.180. The van der Waals surface area contributed by atoms with Crippen LogP contribution in [0.5, 0.6) is 0 Å². The van der Waals surface area contributed by atoms with Crippen LogP contribution in [0.4, 0.5) is 5.69 Å². The molecular formula is C21H24N2OS2. The summed E-state index contributed by atoms with van der Waals surface area (Å²) < 4.78 is 0.990. The molecule has 0 saturated carbocycles. The van der Waals surface area contributed by atoms with Gasteiger partial charge in [-0.1, -0.05) is 78.5 Å².